The molecule has 3 aromatic heterocycles. The number of thiazole rings is 1. The Morgan fingerprint density at radius 1 is 1.35 bits per heavy atom. The Kier molecular flexibility index (Phi) is 3.95. The summed E-state index contributed by atoms with van der Waals surface area (Å²) in [6.07, 6.45) is 2.04. The molecule has 0 saturated carbocycles. The normalized spacial score (nSPS) is 12.7. The van der Waals surface area contributed by atoms with Gasteiger partial charge in [0.15, 0.2) is 0 Å². The van der Waals surface area contributed by atoms with Gasteiger partial charge in [-0.2, -0.15) is 16.4 Å². The summed E-state index contributed by atoms with van der Waals surface area (Å²) in [5, 5.41) is 11.8. The molecule has 3 heterocycles. The first-order valence-corrected chi connectivity index (χ1v) is 8.11. The number of hydrogen-bond donors (Lipinski definition) is 0. The highest BCUT2D eigenvalue weighted by atomic mass is 32.1. The highest BCUT2D eigenvalue weighted by Crippen LogP contribution is 2.22. The second-order valence-electron chi connectivity index (χ2n) is 4.47. The van der Waals surface area contributed by atoms with Gasteiger partial charge in [-0.15, -0.1) is 11.3 Å². The fourth-order valence-electron chi connectivity index (χ4n) is 1.86. The fourth-order valence-corrected chi connectivity index (χ4v) is 3.35. The van der Waals surface area contributed by atoms with E-state index in [2.05, 4.69) is 32.3 Å². The van der Waals surface area contributed by atoms with Gasteiger partial charge in [-0.1, -0.05) is 0 Å². The van der Waals surface area contributed by atoms with Crippen LogP contribution in [0.25, 0.3) is 11.3 Å². The summed E-state index contributed by atoms with van der Waals surface area (Å²) in [5.74, 6) is 0. The summed E-state index contributed by atoms with van der Waals surface area (Å²) in [7, 11) is 1.70. The van der Waals surface area contributed by atoms with Crippen molar-refractivity contribution in [1.82, 2.24) is 14.8 Å². The van der Waals surface area contributed by atoms with Gasteiger partial charge in [0, 0.05) is 29.6 Å². The van der Waals surface area contributed by atoms with Crippen LogP contribution in [0.5, 0.6) is 0 Å². The lowest BCUT2D eigenvalue weighted by molar-refractivity contribution is 0.119. The number of methoxy groups -OCH3 is 1. The molecule has 3 aromatic rings. The van der Waals surface area contributed by atoms with Gasteiger partial charge >= 0.3 is 0 Å². The summed E-state index contributed by atoms with van der Waals surface area (Å²) >= 11 is 3.31. The maximum atomic E-state index is 5.28. The van der Waals surface area contributed by atoms with Crippen molar-refractivity contribution in [3.8, 4) is 11.3 Å². The Balaban J connectivity index is 1.73. The van der Waals surface area contributed by atoms with Gasteiger partial charge in [0.25, 0.3) is 0 Å². The van der Waals surface area contributed by atoms with E-state index >= 15 is 0 Å². The van der Waals surface area contributed by atoms with Gasteiger partial charge < -0.3 is 4.74 Å². The van der Waals surface area contributed by atoms with E-state index in [4.69, 9.17) is 4.74 Å². The number of hydrogen-bond acceptors (Lipinski definition) is 5. The molecule has 1 atom stereocenters. The zero-order valence-electron chi connectivity index (χ0n) is 11.3. The Labute approximate surface area is 125 Å². The van der Waals surface area contributed by atoms with E-state index < -0.39 is 0 Å². The van der Waals surface area contributed by atoms with Crippen LogP contribution in [-0.4, -0.2) is 21.9 Å². The van der Waals surface area contributed by atoms with Crippen molar-refractivity contribution in [2.24, 2.45) is 0 Å². The molecule has 0 aromatic carbocycles. The van der Waals surface area contributed by atoms with Crippen molar-refractivity contribution < 1.29 is 4.74 Å². The molecule has 0 N–H and O–H groups in total. The lowest BCUT2D eigenvalue weighted by atomic mass is 10.2. The number of aromatic nitrogens is 3. The fraction of sp³-hybridized carbons (Fsp3) is 0.286. The van der Waals surface area contributed by atoms with Crippen LogP contribution < -0.4 is 0 Å². The maximum absolute atomic E-state index is 5.28. The molecule has 0 fully saturated rings. The Hall–Kier alpha value is -1.50. The van der Waals surface area contributed by atoms with Crippen LogP contribution in [0, 0.1) is 0 Å². The van der Waals surface area contributed by atoms with Crippen LogP contribution in [0.15, 0.2) is 34.5 Å². The lowest BCUT2D eigenvalue weighted by Gasteiger charge is -2.03. The zero-order valence-corrected chi connectivity index (χ0v) is 12.9. The van der Waals surface area contributed by atoms with Gasteiger partial charge in [-0.3, -0.25) is 4.68 Å². The van der Waals surface area contributed by atoms with Crippen LogP contribution in [0.2, 0.25) is 0 Å². The molecule has 20 heavy (non-hydrogen) atoms. The van der Waals surface area contributed by atoms with Crippen molar-refractivity contribution in [1.29, 1.82) is 0 Å². The smallest absolute Gasteiger partial charge is 0.122 e. The van der Waals surface area contributed by atoms with Crippen molar-refractivity contribution in [3.05, 3.63) is 45.2 Å². The minimum atomic E-state index is 0.0488. The molecule has 0 bridgehead atoms. The molecule has 3 rings (SSSR count). The summed E-state index contributed by atoms with van der Waals surface area (Å²) in [5.41, 5.74) is 3.20. The van der Waals surface area contributed by atoms with Crippen LogP contribution >= 0.6 is 22.7 Å². The summed E-state index contributed by atoms with van der Waals surface area (Å²) in [4.78, 5) is 4.58. The molecule has 0 aliphatic heterocycles. The number of ether oxygens (including phenoxy) is 1. The molecule has 104 valence electrons. The summed E-state index contributed by atoms with van der Waals surface area (Å²) in [6.45, 7) is 2.70. The molecule has 6 heteroatoms. The number of nitrogens with zero attached hydrogens (tertiary/aromatic N) is 3. The third-order valence-corrected chi connectivity index (χ3v) is 4.79. The van der Waals surface area contributed by atoms with E-state index in [1.165, 1.54) is 5.56 Å². The molecule has 0 spiro atoms. The average molecular weight is 305 g/mol. The first-order chi connectivity index (χ1) is 9.76. The van der Waals surface area contributed by atoms with E-state index in [9.17, 15) is 0 Å². The molecule has 0 saturated heterocycles. The monoisotopic (exact) mass is 305 g/mol. The summed E-state index contributed by atoms with van der Waals surface area (Å²) < 4.78 is 7.20. The molecule has 0 radical (unpaired) electrons. The van der Waals surface area contributed by atoms with Crippen LogP contribution in [0.3, 0.4) is 0 Å². The minimum Gasteiger partial charge on any atom is -0.375 e. The van der Waals surface area contributed by atoms with E-state index in [1.807, 2.05) is 23.9 Å². The van der Waals surface area contributed by atoms with Gasteiger partial charge in [-0.25, -0.2) is 4.98 Å². The first-order valence-electron chi connectivity index (χ1n) is 6.29. The molecule has 0 unspecified atom stereocenters. The Bertz CT molecular complexity index is 672. The van der Waals surface area contributed by atoms with E-state index in [1.54, 1.807) is 29.8 Å². The Morgan fingerprint density at radius 2 is 2.25 bits per heavy atom. The lowest BCUT2D eigenvalue weighted by Crippen LogP contribution is -2.02. The van der Waals surface area contributed by atoms with Gasteiger partial charge in [0.2, 0.25) is 0 Å². The second kappa shape index (κ2) is 5.87. The highest BCUT2D eigenvalue weighted by molar-refractivity contribution is 7.09. The van der Waals surface area contributed by atoms with Crippen LogP contribution in [-0.2, 0) is 11.3 Å². The number of thiophene rings is 1. The SMILES string of the molecule is CO[C@@H](C)c1nc(Cn2ccc(-c3ccsc3)n2)cs1. The van der Waals surface area contributed by atoms with Crippen molar-refractivity contribution in [3.63, 3.8) is 0 Å². The number of rotatable bonds is 5. The quantitative estimate of drug-likeness (QED) is 0.719. The van der Waals surface area contributed by atoms with Crippen LogP contribution in [0.4, 0.5) is 0 Å². The second-order valence-corrected chi connectivity index (χ2v) is 6.14. The topological polar surface area (TPSA) is 39.9 Å². The molecule has 0 aliphatic carbocycles. The molecular weight excluding hydrogens is 290 g/mol. The Morgan fingerprint density at radius 3 is 3.00 bits per heavy atom. The van der Waals surface area contributed by atoms with Crippen molar-refractivity contribution in [2.45, 2.75) is 19.6 Å². The summed E-state index contributed by atoms with van der Waals surface area (Å²) in [6, 6.07) is 4.12. The predicted molar refractivity (Wildman–Crippen MR) is 82.2 cm³/mol. The minimum absolute atomic E-state index is 0.0488. The van der Waals surface area contributed by atoms with Gasteiger partial charge in [-0.05, 0) is 24.4 Å². The van der Waals surface area contributed by atoms with Crippen molar-refractivity contribution in [2.75, 3.05) is 7.11 Å². The zero-order chi connectivity index (χ0) is 13.9. The molecular formula is C14H15N3OS2. The van der Waals surface area contributed by atoms with E-state index in [0.717, 1.165) is 16.4 Å². The molecule has 4 nitrogen and oxygen atoms in total. The third-order valence-electron chi connectivity index (χ3n) is 3.05. The standard InChI is InChI=1S/C14H15N3OS2/c1-10(18-2)14-15-12(9-20-14)7-17-5-3-13(16-17)11-4-6-19-8-11/h3-6,8-10H,7H2,1-2H3/t10-/m0/s1. The largest absolute Gasteiger partial charge is 0.375 e. The van der Waals surface area contributed by atoms with Gasteiger partial charge in [0.1, 0.15) is 11.1 Å². The maximum Gasteiger partial charge on any atom is 0.122 e. The average Bonchev–Trinajstić information content (AvgIpc) is 3.19. The van der Waals surface area contributed by atoms with E-state index in [-0.39, 0.29) is 6.10 Å². The third kappa shape index (κ3) is 2.82. The molecule has 0 aliphatic rings. The highest BCUT2D eigenvalue weighted by Gasteiger charge is 2.10. The van der Waals surface area contributed by atoms with E-state index in [0.29, 0.717) is 6.54 Å². The predicted octanol–water partition coefficient (Wildman–Crippen LogP) is 3.82. The first kappa shape index (κ1) is 13.5. The van der Waals surface area contributed by atoms with Crippen LogP contribution in [0.1, 0.15) is 23.7 Å². The molecule has 0 amide bonds. The van der Waals surface area contributed by atoms with Gasteiger partial charge in [0.05, 0.1) is 17.9 Å². The van der Waals surface area contributed by atoms with Crippen molar-refractivity contribution >= 4 is 22.7 Å².